The maximum atomic E-state index is 5.40. The van der Waals surface area contributed by atoms with Gasteiger partial charge >= 0.3 is 0 Å². The number of rotatable bonds is 3. The van der Waals surface area contributed by atoms with Gasteiger partial charge in [-0.05, 0) is 27.9 Å². The number of hydrogen-bond donors (Lipinski definition) is 2. The number of halogens is 1. The summed E-state index contributed by atoms with van der Waals surface area (Å²) in [5.74, 6) is 6.66. The highest BCUT2D eigenvalue weighted by Gasteiger charge is 2.19. The molecule has 1 heterocycles. The standard InChI is InChI=1S/C8H13BrN2O/c1-5(2)7(11-10)8-6(9)3-4-12-8/h3-5,7,11H,10H2,1-2H3. The Hall–Kier alpha value is -0.320. The first-order valence-electron chi connectivity index (χ1n) is 3.85. The zero-order valence-electron chi connectivity index (χ0n) is 7.17. The van der Waals surface area contributed by atoms with Gasteiger partial charge in [-0.2, -0.15) is 0 Å². The maximum Gasteiger partial charge on any atom is 0.136 e. The van der Waals surface area contributed by atoms with E-state index in [0.29, 0.717) is 5.92 Å². The van der Waals surface area contributed by atoms with E-state index in [9.17, 15) is 0 Å². The molecule has 0 radical (unpaired) electrons. The monoisotopic (exact) mass is 232 g/mol. The highest BCUT2D eigenvalue weighted by molar-refractivity contribution is 9.10. The van der Waals surface area contributed by atoms with Crippen molar-refractivity contribution in [3.8, 4) is 0 Å². The van der Waals surface area contributed by atoms with E-state index >= 15 is 0 Å². The van der Waals surface area contributed by atoms with Crippen molar-refractivity contribution in [2.45, 2.75) is 19.9 Å². The van der Waals surface area contributed by atoms with Crippen LogP contribution in [0.2, 0.25) is 0 Å². The molecule has 0 spiro atoms. The average molecular weight is 233 g/mol. The van der Waals surface area contributed by atoms with Gasteiger partial charge in [0, 0.05) is 0 Å². The Kier molecular flexibility index (Phi) is 3.31. The van der Waals surface area contributed by atoms with E-state index in [1.54, 1.807) is 6.26 Å². The van der Waals surface area contributed by atoms with Crippen molar-refractivity contribution in [2.75, 3.05) is 0 Å². The van der Waals surface area contributed by atoms with E-state index in [1.807, 2.05) is 6.07 Å². The molecule has 1 atom stereocenters. The Morgan fingerprint density at radius 3 is 2.58 bits per heavy atom. The van der Waals surface area contributed by atoms with E-state index < -0.39 is 0 Å². The Morgan fingerprint density at radius 1 is 1.58 bits per heavy atom. The summed E-state index contributed by atoms with van der Waals surface area (Å²) in [6.07, 6.45) is 1.64. The third kappa shape index (κ3) is 1.88. The molecule has 12 heavy (non-hydrogen) atoms. The molecule has 0 fully saturated rings. The van der Waals surface area contributed by atoms with Crippen molar-refractivity contribution in [3.05, 3.63) is 22.6 Å². The first-order chi connectivity index (χ1) is 5.66. The molecular weight excluding hydrogens is 220 g/mol. The van der Waals surface area contributed by atoms with E-state index in [2.05, 4.69) is 35.2 Å². The second-order valence-corrected chi connectivity index (χ2v) is 3.88. The molecule has 0 saturated heterocycles. The summed E-state index contributed by atoms with van der Waals surface area (Å²) >= 11 is 3.39. The summed E-state index contributed by atoms with van der Waals surface area (Å²) in [6, 6.07) is 1.93. The zero-order valence-corrected chi connectivity index (χ0v) is 8.76. The minimum Gasteiger partial charge on any atom is -0.466 e. The highest BCUT2D eigenvalue weighted by Crippen LogP contribution is 2.28. The SMILES string of the molecule is CC(C)C(NN)c1occc1Br. The molecule has 3 nitrogen and oxygen atoms in total. The Labute approximate surface area is 80.4 Å². The van der Waals surface area contributed by atoms with Gasteiger partial charge in [-0.25, -0.2) is 5.43 Å². The van der Waals surface area contributed by atoms with Crippen molar-refractivity contribution < 1.29 is 4.42 Å². The van der Waals surface area contributed by atoms with Gasteiger partial charge in [0.05, 0.1) is 16.8 Å². The summed E-state index contributed by atoms with van der Waals surface area (Å²) < 4.78 is 6.25. The molecule has 0 bridgehead atoms. The van der Waals surface area contributed by atoms with Crippen LogP contribution in [-0.2, 0) is 0 Å². The van der Waals surface area contributed by atoms with Gasteiger partial charge in [0.1, 0.15) is 5.76 Å². The van der Waals surface area contributed by atoms with Crippen LogP contribution in [0.25, 0.3) is 0 Å². The van der Waals surface area contributed by atoms with E-state index in [4.69, 9.17) is 10.3 Å². The highest BCUT2D eigenvalue weighted by atomic mass is 79.9. The number of hydrazine groups is 1. The van der Waals surface area contributed by atoms with Gasteiger partial charge in [-0.3, -0.25) is 5.84 Å². The summed E-state index contributed by atoms with van der Waals surface area (Å²) in [7, 11) is 0. The van der Waals surface area contributed by atoms with E-state index in [-0.39, 0.29) is 6.04 Å². The molecule has 4 heteroatoms. The Morgan fingerprint density at radius 2 is 2.25 bits per heavy atom. The molecule has 0 aromatic carbocycles. The van der Waals surface area contributed by atoms with Crippen LogP contribution in [0.3, 0.4) is 0 Å². The normalized spacial score (nSPS) is 13.8. The van der Waals surface area contributed by atoms with Crippen LogP contribution in [0.15, 0.2) is 21.2 Å². The van der Waals surface area contributed by atoms with Crippen LogP contribution in [0.4, 0.5) is 0 Å². The summed E-state index contributed by atoms with van der Waals surface area (Å²) in [4.78, 5) is 0. The minimum absolute atomic E-state index is 0.0642. The van der Waals surface area contributed by atoms with E-state index in [0.717, 1.165) is 10.2 Å². The lowest BCUT2D eigenvalue weighted by molar-refractivity contribution is 0.344. The number of nitrogens with two attached hydrogens (primary N) is 1. The van der Waals surface area contributed by atoms with Crippen molar-refractivity contribution in [3.63, 3.8) is 0 Å². The second-order valence-electron chi connectivity index (χ2n) is 3.02. The van der Waals surface area contributed by atoms with Gasteiger partial charge in [0.15, 0.2) is 0 Å². The van der Waals surface area contributed by atoms with Crippen LogP contribution in [0.5, 0.6) is 0 Å². The predicted molar refractivity (Wildman–Crippen MR) is 51.3 cm³/mol. The molecule has 0 saturated carbocycles. The molecule has 0 amide bonds. The largest absolute Gasteiger partial charge is 0.466 e. The quantitative estimate of drug-likeness (QED) is 0.621. The first-order valence-corrected chi connectivity index (χ1v) is 4.65. The minimum atomic E-state index is 0.0642. The lowest BCUT2D eigenvalue weighted by Gasteiger charge is -2.17. The Balaban J connectivity index is 2.87. The summed E-state index contributed by atoms with van der Waals surface area (Å²) in [6.45, 7) is 4.17. The zero-order chi connectivity index (χ0) is 9.14. The lowest BCUT2D eigenvalue weighted by atomic mass is 10.0. The molecule has 1 aromatic heterocycles. The predicted octanol–water partition coefficient (Wildman–Crippen LogP) is 2.20. The number of hydrogen-bond acceptors (Lipinski definition) is 3. The Bertz CT molecular complexity index is 247. The number of furan rings is 1. The van der Waals surface area contributed by atoms with Gasteiger partial charge < -0.3 is 4.42 Å². The van der Waals surface area contributed by atoms with Crippen LogP contribution in [-0.4, -0.2) is 0 Å². The fourth-order valence-electron chi connectivity index (χ4n) is 1.10. The second kappa shape index (κ2) is 4.07. The van der Waals surface area contributed by atoms with Crippen LogP contribution in [0.1, 0.15) is 25.6 Å². The number of nitrogens with one attached hydrogen (secondary N) is 1. The summed E-state index contributed by atoms with van der Waals surface area (Å²) in [5, 5.41) is 0. The van der Waals surface area contributed by atoms with Crippen LogP contribution in [0, 0.1) is 5.92 Å². The van der Waals surface area contributed by atoms with Crippen LogP contribution < -0.4 is 11.3 Å². The molecular formula is C8H13BrN2O. The van der Waals surface area contributed by atoms with Crippen molar-refractivity contribution >= 4 is 15.9 Å². The molecule has 0 aliphatic heterocycles. The van der Waals surface area contributed by atoms with Crippen molar-refractivity contribution in [2.24, 2.45) is 11.8 Å². The summed E-state index contributed by atoms with van der Waals surface area (Å²) in [5.41, 5.74) is 2.72. The molecule has 0 aliphatic carbocycles. The van der Waals surface area contributed by atoms with Gasteiger partial charge in [0.2, 0.25) is 0 Å². The average Bonchev–Trinajstić information content (AvgIpc) is 2.38. The first kappa shape index (κ1) is 9.77. The fourth-order valence-corrected chi connectivity index (χ4v) is 1.55. The van der Waals surface area contributed by atoms with Gasteiger partial charge in [0.25, 0.3) is 0 Å². The smallest absolute Gasteiger partial charge is 0.136 e. The van der Waals surface area contributed by atoms with Gasteiger partial charge in [-0.15, -0.1) is 0 Å². The molecule has 3 N–H and O–H groups in total. The molecule has 1 rings (SSSR count). The molecule has 1 aromatic rings. The van der Waals surface area contributed by atoms with Crippen LogP contribution >= 0.6 is 15.9 Å². The van der Waals surface area contributed by atoms with Crippen molar-refractivity contribution in [1.82, 2.24) is 5.43 Å². The third-order valence-electron chi connectivity index (χ3n) is 1.77. The topological polar surface area (TPSA) is 51.2 Å². The maximum absolute atomic E-state index is 5.40. The lowest BCUT2D eigenvalue weighted by Crippen LogP contribution is -2.31. The molecule has 1 unspecified atom stereocenters. The van der Waals surface area contributed by atoms with E-state index in [1.165, 1.54) is 0 Å². The fraction of sp³-hybridized carbons (Fsp3) is 0.500. The molecule has 68 valence electrons. The third-order valence-corrected chi connectivity index (χ3v) is 2.43. The molecule has 0 aliphatic rings. The van der Waals surface area contributed by atoms with Crippen molar-refractivity contribution in [1.29, 1.82) is 0 Å². The van der Waals surface area contributed by atoms with Gasteiger partial charge in [-0.1, -0.05) is 13.8 Å².